The molecule has 1 aromatic heterocycles. The van der Waals surface area contributed by atoms with Crippen LogP contribution < -0.4 is 10.5 Å². The van der Waals surface area contributed by atoms with Crippen LogP contribution in [0, 0.1) is 0 Å². The van der Waals surface area contributed by atoms with Crippen LogP contribution in [0.5, 0.6) is 0 Å². The average Bonchev–Trinajstić information content (AvgIpc) is 2.98. The molecule has 2 aromatic rings. The van der Waals surface area contributed by atoms with Crippen LogP contribution in [0.25, 0.3) is 10.9 Å². The summed E-state index contributed by atoms with van der Waals surface area (Å²) in [6.45, 7) is 3.39. The molecule has 4 rings (SSSR count). The molecule has 2 heterocycles. The highest BCUT2D eigenvalue weighted by atomic mass is 16.5. The average molecular weight is 270 g/mol. The van der Waals surface area contributed by atoms with Gasteiger partial charge in [0.25, 0.3) is 5.56 Å². The molecule has 1 saturated heterocycles. The van der Waals surface area contributed by atoms with E-state index in [9.17, 15) is 4.79 Å². The van der Waals surface area contributed by atoms with Crippen LogP contribution in [0.2, 0.25) is 0 Å². The highest BCUT2D eigenvalue weighted by Gasteiger charge is 2.19. The Bertz CT molecular complexity index is 714. The zero-order chi connectivity index (χ0) is 13.5. The molecule has 0 spiro atoms. The second-order valence-electron chi connectivity index (χ2n) is 5.59. The molecule has 1 aliphatic heterocycles. The number of morpholine rings is 1. The lowest BCUT2D eigenvalue weighted by molar-refractivity contribution is 0.122. The standard InChI is InChI=1S/C16H18N2O2/c19-16-14-3-1-2-12(14)13-5-4-11(10-15(13)17-16)18-6-8-20-9-7-18/h4-5,10H,1-3,6-9H2,(H,17,19). The Hall–Kier alpha value is -1.81. The summed E-state index contributed by atoms with van der Waals surface area (Å²) in [5.41, 5.74) is 4.51. The monoisotopic (exact) mass is 270 g/mol. The van der Waals surface area contributed by atoms with Crippen LogP contribution >= 0.6 is 0 Å². The van der Waals surface area contributed by atoms with E-state index < -0.39 is 0 Å². The molecule has 4 nitrogen and oxygen atoms in total. The summed E-state index contributed by atoms with van der Waals surface area (Å²) in [6.07, 6.45) is 3.06. The molecule has 1 fully saturated rings. The van der Waals surface area contributed by atoms with Gasteiger partial charge in [0.05, 0.1) is 18.7 Å². The highest BCUT2D eigenvalue weighted by Crippen LogP contribution is 2.29. The maximum Gasteiger partial charge on any atom is 0.251 e. The molecular weight excluding hydrogens is 252 g/mol. The second kappa shape index (κ2) is 4.63. The predicted molar refractivity (Wildman–Crippen MR) is 79.6 cm³/mol. The minimum atomic E-state index is 0.101. The normalized spacial score (nSPS) is 18.5. The molecule has 0 atom stereocenters. The number of H-pyrrole nitrogens is 1. The van der Waals surface area contributed by atoms with Crippen LogP contribution in [0.3, 0.4) is 0 Å². The lowest BCUT2D eigenvalue weighted by Gasteiger charge is -2.29. The number of hydrogen-bond donors (Lipinski definition) is 1. The molecular formula is C16H18N2O2. The van der Waals surface area contributed by atoms with Gasteiger partial charge in [-0.3, -0.25) is 4.79 Å². The maximum absolute atomic E-state index is 12.1. The molecule has 0 amide bonds. The van der Waals surface area contributed by atoms with Crippen LogP contribution in [-0.2, 0) is 17.6 Å². The topological polar surface area (TPSA) is 45.3 Å². The Morgan fingerprint density at radius 3 is 2.75 bits per heavy atom. The van der Waals surface area contributed by atoms with Gasteiger partial charge in [0.1, 0.15) is 0 Å². The fourth-order valence-electron chi connectivity index (χ4n) is 3.41. The van der Waals surface area contributed by atoms with Gasteiger partial charge < -0.3 is 14.6 Å². The fraction of sp³-hybridized carbons (Fsp3) is 0.438. The summed E-state index contributed by atoms with van der Waals surface area (Å²) < 4.78 is 5.39. The van der Waals surface area contributed by atoms with Gasteiger partial charge in [-0.05, 0) is 37.0 Å². The number of hydrogen-bond acceptors (Lipinski definition) is 3. The molecule has 1 aliphatic carbocycles. The molecule has 1 N–H and O–H groups in total. The number of aromatic amines is 1. The Morgan fingerprint density at radius 2 is 1.90 bits per heavy atom. The van der Waals surface area contributed by atoms with Gasteiger partial charge in [-0.1, -0.05) is 6.07 Å². The molecule has 0 radical (unpaired) electrons. The summed E-state index contributed by atoms with van der Waals surface area (Å²) >= 11 is 0. The summed E-state index contributed by atoms with van der Waals surface area (Å²) in [5.74, 6) is 0. The van der Waals surface area contributed by atoms with Crippen molar-refractivity contribution in [2.45, 2.75) is 19.3 Å². The van der Waals surface area contributed by atoms with Gasteiger partial charge in [0, 0.05) is 29.7 Å². The van der Waals surface area contributed by atoms with Gasteiger partial charge in [-0.25, -0.2) is 0 Å². The van der Waals surface area contributed by atoms with E-state index in [0.717, 1.165) is 56.6 Å². The van der Waals surface area contributed by atoms with E-state index in [2.05, 4.69) is 28.1 Å². The number of rotatable bonds is 1. The Morgan fingerprint density at radius 1 is 1.10 bits per heavy atom. The molecule has 104 valence electrons. The van der Waals surface area contributed by atoms with Crippen molar-refractivity contribution in [2.75, 3.05) is 31.2 Å². The van der Waals surface area contributed by atoms with Gasteiger partial charge in [0.2, 0.25) is 0 Å². The van der Waals surface area contributed by atoms with E-state index in [1.165, 1.54) is 16.6 Å². The predicted octanol–water partition coefficient (Wildman–Crippen LogP) is 1.85. The molecule has 0 unspecified atom stereocenters. The molecule has 20 heavy (non-hydrogen) atoms. The van der Waals surface area contributed by atoms with E-state index in [1.54, 1.807) is 0 Å². The molecule has 1 aromatic carbocycles. The van der Waals surface area contributed by atoms with E-state index >= 15 is 0 Å². The quantitative estimate of drug-likeness (QED) is 0.860. The molecule has 2 aliphatic rings. The molecule has 0 saturated carbocycles. The van der Waals surface area contributed by atoms with Crippen molar-refractivity contribution in [3.63, 3.8) is 0 Å². The number of benzene rings is 1. The summed E-state index contributed by atoms with van der Waals surface area (Å²) in [6, 6.07) is 6.45. The van der Waals surface area contributed by atoms with Crippen LogP contribution in [-0.4, -0.2) is 31.3 Å². The first-order valence-corrected chi connectivity index (χ1v) is 7.33. The number of fused-ring (bicyclic) bond motifs is 3. The van der Waals surface area contributed by atoms with E-state index in [0.29, 0.717) is 0 Å². The van der Waals surface area contributed by atoms with Crippen molar-refractivity contribution < 1.29 is 4.74 Å². The van der Waals surface area contributed by atoms with Gasteiger partial charge in [0.15, 0.2) is 0 Å². The Labute approximate surface area is 117 Å². The number of nitrogens with one attached hydrogen (secondary N) is 1. The third-order valence-corrected chi connectivity index (χ3v) is 4.44. The molecule has 4 heteroatoms. The van der Waals surface area contributed by atoms with Crippen molar-refractivity contribution >= 4 is 16.6 Å². The third-order valence-electron chi connectivity index (χ3n) is 4.44. The van der Waals surface area contributed by atoms with Crippen molar-refractivity contribution in [1.29, 1.82) is 0 Å². The van der Waals surface area contributed by atoms with Crippen LogP contribution in [0.4, 0.5) is 5.69 Å². The van der Waals surface area contributed by atoms with Gasteiger partial charge in [-0.15, -0.1) is 0 Å². The van der Waals surface area contributed by atoms with Gasteiger partial charge >= 0.3 is 0 Å². The second-order valence-corrected chi connectivity index (χ2v) is 5.59. The number of aryl methyl sites for hydroxylation is 1. The number of nitrogens with zero attached hydrogens (tertiary/aromatic N) is 1. The first-order valence-electron chi connectivity index (χ1n) is 7.33. The van der Waals surface area contributed by atoms with E-state index in [-0.39, 0.29) is 5.56 Å². The largest absolute Gasteiger partial charge is 0.378 e. The SMILES string of the molecule is O=c1[nH]c2cc(N3CCOCC3)ccc2c2c1CCC2. The number of ether oxygens (including phenoxy) is 1. The maximum atomic E-state index is 12.1. The Balaban J connectivity index is 1.84. The lowest BCUT2D eigenvalue weighted by Crippen LogP contribution is -2.36. The minimum Gasteiger partial charge on any atom is -0.378 e. The van der Waals surface area contributed by atoms with Crippen LogP contribution in [0.15, 0.2) is 23.0 Å². The molecule has 0 bridgehead atoms. The zero-order valence-corrected chi connectivity index (χ0v) is 11.4. The number of aromatic nitrogens is 1. The van der Waals surface area contributed by atoms with Gasteiger partial charge in [-0.2, -0.15) is 0 Å². The minimum absolute atomic E-state index is 0.101. The summed E-state index contributed by atoms with van der Waals surface area (Å²) in [7, 11) is 0. The van der Waals surface area contributed by atoms with Crippen molar-refractivity contribution in [3.05, 3.63) is 39.7 Å². The lowest BCUT2D eigenvalue weighted by atomic mass is 10.0. The fourth-order valence-corrected chi connectivity index (χ4v) is 3.41. The first kappa shape index (κ1) is 12.0. The van der Waals surface area contributed by atoms with E-state index in [4.69, 9.17) is 4.74 Å². The van der Waals surface area contributed by atoms with Crippen LogP contribution in [0.1, 0.15) is 17.5 Å². The summed E-state index contributed by atoms with van der Waals surface area (Å²) in [5, 5.41) is 1.22. The summed E-state index contributed by atoms with van der Waals surface area (Å²) in [4.78, 5) is 17.5. The smallest absolute Gasteiger partial charge is 0.251 e. The van der Waals surface area contributed by atoms with E-state index in [1.807, 2.05) is 0 Å². The first-order chi connectivity index (χ1) is 9.83. The third kappa shape index (κ3) is 1.83. The van der Waals surface area contributed by atoms with Crippen molar-refractivity contribution in [3.8, 4) is 0 Å². The number of anilines is 1. The highest BCUT2D eigenvalue weighted by molar-refractivity contribution is 5.86. The number of pyridine rings is 1. The Kier molecular flexibility index (Phi) is 2.77. The van der Waals surface area contributed by atoms with Crippen molar-refractivity contribution in [1.82, 2.24) is 4.98 Å². The zero-order valence-electron chi connectivity index (χ0n) is 11.4. The van der Waals surface area contributed by atoms with Crippen molar-refractivity contribution in [2.24, 2.45) is 0 Å².